The Morgan fingerprint density at radius 1 is 0.500 bits per heavy atom. The minimum absolute atomic E-state index is 0. The van der Waals surface area contributed by atoms with Crippen molar-refractivity contribution < 1.29 is 38.3 Å². The molecule has 73 valence electrons. The van der Waals surface area contributed by atoms with E-state index in [1.165, 1.54) is 0 Å². The first-order valence-corrected chi connectivity index (χ1v) is 3.93. The fourth-order valence-corrected chi connectivity index (χ4v) is 0. The van der Waals surface area contributed by atoms with E-state index in [0.717, 1.165) is 0 Å². The summed E-state index contributed by atoms with van der Waals surface area (Å²) in [5.74, 6) is 0. The molecule has 1 radical (unpaired) electrons. The molecule has 0 heterocycles. The average Bonchev–Trinajstić information content (AvgIpc) is 0.918. The van der Waals surface area contributed by atoms with E-state index in [1.807, 2.05) is 0 Å². The van der Waals surface area contributed by atoms with Crippen molar-refractivity contribution >= 4 is 33.5 Å². The summed E-state index contributed by atoms with van der Waals surface area (Å²) in [6, 6.07) is 0. The zero-order valence-corrected chi connectivity index (χ0v) is 7.50. The zero-order chi connectivity index (χ0) is 2.71. The van der Waals surface area contributed by atoms with Crippen LogP contribution in [0.1, 0.15) is 0 Å². The summed E-state index contributed by atoms with van der Waals surface area (Å²) in [5.41, 5.74) is 0. The van der Waals surface area contributed by atoms with Crippen LogP contribution in [0, 0.1) is 0 Å². The van der Waals surface area contributed by atoms with E-state index in [1.54, 1.807) is 0 Å². The molecule has 0 aliphatic heterocycles. The maximum atomic E-state index is 4.85. The summed E-state index contributed by atoms with van der Waals surface area (Å²) in [6.07, 6.45) is 0. The summed E-state index contributed by atoms with van der Waals surface area (Å²) in [4.78, 5) is 0. The molecule has 0 unspecified atom stereocenters. The Morgan fingerprint density at radius 3 is 0.500 bits per heavy atom. The number of hydrogen-bond donors (Lipinski definition) is 0. The van der Waals surface area contributed by atoms with Crippen molar-refractivity contribution in [2.45, 2.75) is 0 Å². The Hall–Kier alpha value is 0.832. The molecule has 0 atom stereocenters. The highest BCUT2D eigenvalue weighted by Gasteiger charge is 1.59. The fourth-order valence-electron chi connectivity index (χ4n) is 0. The molecular weight excluding hydrogens is 210 g/mol. The van der Waals surface area contributed by atoms with Crippen LogP contribution in [-0.2, 0) is 0 Å². The second-order valence-electron chi connectivity index (χ2n) is 0.0825. The molecule has 10 heavy (non-hydrogen) atoms. The molecule has 10 heteroatoms. The third kappa shape index (κ3) is 782. The second-order valence-corrected chi connectivity index (χ2v) is 2.23. The Labute approximate surface area is 72.2 Å². The quantitative estimate of drug-likeness (QED) is 0.353. The molecule has 0 fully saturated rings. The first-order chi connectivity index (χ1) is 1.41. The van der Waals surface area contributed by atoms with Gasteiger partial charge >= 0.3 is 13.4 Å². The van der Waals surface area contributed by atoms with Crippen LogP contribution in [0.5, 0.6) is 0 Å². The van der Waals surface area contributed by atoms with Gasteiger partial charge in [0.05, 0.1) is 0 Å². The van der Waals surface area contributed by atoms with E-state index in [2.05, 4.69) is 0 Å². The van der Waals surface area contributed by atoms with E-state index in [4.69, 9.17) is 20.1 Å². The van der Waals surface area contributed by atoms with E-state index >= 15 is 0 Å². The predicted molar refractivity (Wildman–Crippen MR) is 42.8 cm³/mol. The summed E-state index contributed by atoms with van der Waals surface area (Å²) >= 11 is -0.306. The molecule has 0 aliphatic carbocycles. The van der Waals surface area contributed by atoms with Gasteiger partial charge in [0.15, 0.2) is 0 Å². The Kier molecular flexibility index (Phi) is 2980. The van der Waals surface area contributed by atoms with E-state index in [9.17, 15) is 0 Å². The van der Waals surface area contributed by atoms with Gasteiger partial charge in [0.1, 0.15) is 0 Å². The Bertz CT molecular complexity index is 11.6. The van der Waals surface area contributed by atoms with Gasteiger partial charge < -0.3 is 38.3 Å². The van der Waals surface area contributed by atoms with Gasteiger partial charge in [0.25, 0.3) is 0 Å². The largest absolute Gasteiger partial charge is 0.495 e. The molecule has 0 saturated heterocycles. The standard InChI is InChI=1S/Al.2ClH.7H2O/h;2*1H;7*1H2/q+2;;;;;;;;;/p-2. The zero-order valence-electron chi connectivity index (χ0n) is 4.83. The Balaban J connectivity index is -0.000000000952. The normalized spacial score (nSPS) is 1.40. The molecule has 0 aliphatic rings. The smallest absolute Gasteiger partial charge is 0.412 e. The third-order valence-electron chi connectivity index (χ3n) is 0. The van der Waals surface area contributed by atoms with Crippen molar-refractivity contribution in [2.24, 2.45) is 0 Å². The summed E-state index contributed by atoms with van der Waals surface area (Å²) in [5, 5.41) is 0. The third-order valence-corrected chi connectivity index (χ3v) is 0. The first kappa shape index (κ1) is 131. The summed E-state index contributed by atoms with van der Waals surface area (Å²) in [7, 11) is 9.69. The molecule has 14 N–H and O–H groups in total. The number of hydrogen-bond acceptors (Lipinski definition) is 0. The minimum atomic E-state index is -0.306. The van der Waals surface area contributed by atoms with E-state index in [0.29, 0.717) is 0 Å². The SMILES string of the molecule is O.O.O.O.O.O.O.[Cl][Al][Cl]. The van der Waals surface area contributed by atoms with Gasteiger partial charge in [-0.2, -0.15) is 0 Å². The highest BCUT2D eigenvalue weighted by atomic mass is 35.7. The number of halogens is 2. The lowest BCUT2D eigenvalue weighted by molar-refractivity contribution is 0.823. The predicted octanol–water partition coefficient (Wildman–Crippen LogP) is -4.77. The van der Waals surface area contributed by atoms with Crippen LogP contribution in [-0.4, -0.2) is 51.7 Å². The number of rotatable bonds is 0. The van der Waals surface area contributed by atoms with Crippen molar-refractivity contribution in [3.63, 3.8) is 0 Å². The molecule has 0 spiro atoms. The second kappa shape index (κ2) is 228. The lowest BCUT2D eigenvalue weighted by atomic mass is 16.0. The molecular formula is H14AlCl2O7. The molecule has 0 aromatic carbocycles. The minimum Gasteiger partial charge on any atom is -0.412 e. The van der Waals surface area contributed by atoms with Crippen LogP contribution in [0.4, 0.5) is 0 Å². The molecule has 0 bridgehead atoms. The van der Waals surface area contributed by atoms with Gasteiger partial charge in [-0.25, -0.2) is 20.1 Å². The lowest BCUT2D eigenvalue weighted by Gasteiger charge is -1.34. The first-order valence-electron chi connectivity index (χ1n) is 0.436. The monoisotopic (exact) mass is 223 g/mol. The van der Waals surface area contributed by atoms with Gasteiger partial charge in [-0.1, -0.05) is 0 Å². The van der Waals surface area contributed by atoms with Gasteiger partial charge in [-0.3, -0.25) is 0 Å². The van der Waals surface area contributed by atoms with Crippen LogP contribution in [0.15, 0.2) is 0 Å². The van der Waals surface area contributed by atoms with Crippen LogP contribution >= 0.6 is 20.1 Å². The molecule has 0 saturated carbocycles. The van der Waals surface area contributed by atoms with Crippen molar-refractivity contribution in [1.29, 1.82) is 0 Å². The van der Waals surface area contributed by atoms with Gasteiger partial charge in [0.2, 0.25) is 0 Å². The molecule has 0 aromatic rings. The molecule has 0 amide bonds. The van der Waals surface area contributed by atoms with Crippen molar-refractivity contribution in [2.75, 3.05) is 0 Å². The van der Waals surface area contributed by atoms with Crippen LogP contribution < -0.4 is 0 Å². The summed E-state index contributed by atoms with van der Waals surface area (Å²) in [6.45, 7) is 0. The average molecular weight is 224 g/mol. The highest BCUT2D eigenvalue weighted by molar-refractivity contribution is 7.22. The lowest BCUT2D eigenvalue weighted by Crippen LogP contribution is -1.36. The molecule has 0 aromatic heterocycles. The molecule has 0 rings (SSSR count). The van der Waals surface area contributed by atoms with E-state index < -0.39 is 0 Å². The van der Waals surface area contributed by atoms with Crippen LogP contribution in [0.2, 0.25) is 0 Å². The topological polar surface area (TPSA) is 220 Å². The van der Waals surface area contributed by atoms with Crippen molar-refractivity contribution in [1.82, 2.24) is 0 Å². The van der Waals surface area contributed by atoms with Crippen LogP contribution in [0.3, 0.4) is 0 Å². The maximum Gasteiger partial charge on any atom is 0.495 e. The van der Waals surface area contributed by atoms with Gasteiger partial charge in [-0.15, -0.1) is 0 Å². The Morgan fingerprint density at radius 2 is 0.500 bits per heavy atom. The summed E-state index contributed by atoms with van der Waals surface area (Å²) < 4.78 is 0. The van der Waals surface area contributed by atoms with Gasteiger partial charge in [0, 0.05) is 0 Å². The van der Waals surface area contributed by atoms with Gasteiger partial charge in [-0.05, 0) is 0 Å². The van der Waals surface area contributed by atoms with E-state index in [-0.39, 0.29) is 51.7 Å². The fraction of sp³-hybridized carbons (Fsp3) is 0. The molecule has 7 nitrogen and oxygen atoms in total. The van der Waals surface area contributed by atoms with Crippen molar-refractivity contribution in [3.05, 3.63) is 0 Å². The van der Waals surface area contributed by atoms with Crippen LogP contribution in [0.25, 0.3) is 0 Å². The van der Waals surface area contributed by atoms with Crippen molar-refractivity contribution in [3.8, 4) is 0 Å². The maximum absolute atomic E-state index is 4.85. The highest BCUT2D eigenvalue weighted by Crippen LogP contribution is 1.67.